The van der Waals surface area contributed by atoms with Crippen molar-refractivity contribution in [1.82, 2.24) is 0 Å². The summed E-state index contributed by atoms with van der Waals surface area (Å²) in [6, 6.07) is 22.1. The number of benzene rings is 3. The highest BCUT2D eigenvalue weighted by atomic mass is 32.1. The molecule has 1 fully saturated rings. The smallest absolute Gasteiger partial charge is 0.269 e. The number of ketones is 3. The molecule has 7 rings (SSSR count). The number of hydrogen-bond donors (Lipinski definition) is 0. The van der Waals surface area contributed by atoms with Crippen molar-refractivity contribution in [1.29, 1.82) is 0 Å². The summed E-state index contributed by atoms with van der Waals surface area (Å²) in [4.78, 5) is 57.1. The Hall–Kier alpha value is -4.69. The number of nitro groups is 1. The van der Waals surface area contributed by atoms with Gasteiger partial charge in [-0.1, -0.05) is 72.8 Å². The van der Waals surface area contributed by atoms with E-state index in [2.05, 4.69) is 0 Å². The van der Waals surface area contributed by atoms with Crippen molar-refractivity contribution in [2.24, 2.45) is 5.41 Å². The number of nitro benzene ring substituents is 1. The van der Waals surface area contributed by atoms with E-state index in [0.29, 0.717) is 21.6 Å². The van der Waals surface area contributed by atoms with Crippen LogP contribution < -0.4 is 4.90 Å². The molecule has 1 aliphatic carbocycles. The Morgan fingerprint density at radius 3 is 2.31 bits per heavy atom. The maximum atomic E-state index is 14.5. The van der Waals surface area contributed by atoms with E-state index in [4.69, 9.17) is 0 Å². The van der Waals surface area contributed by atoms with Gasteiger partial charge >= 0.3 is 0 Å². The van der Waals surface area contributed by atoms with Gasteiger partial charge < -0.3 is 4.90 Å². The van der Waals surface area contributed by atoms with Gasteiger partial charge in [-0.2, -0.15) is 0 Å². The molecule has 3 aromatic carbocycles. The van der Waals surface area contributed by atoms with Crippen LogP contribution >= 0.6 is 11.3 Å². The van der Waals surface area contributed by atoms with Crippen molar-refractivity contribution in [2.45, 2.75) is 18.0 Å². The molecule has 0 saturated carbocycles. The van der Waals surface area contributed by atoms with Gasteiger partial charge in [0.25, 0.3) is 5.69 Å². The standard InChI is InChI=1S/C31H20N2O5S/c34-28(24-13-6-16-39-24)27-26(19-8-5-9-20(17-19)33(37)38)31(29(35)21-10-2-3-11-22(21)30(31)36)25-15-14-18-7-1-4-12-23(18)32(25)27/h1-17,25-27H/t25-,26-,27+/m1/s1. The molecule has 3 atom stereocenters. The molecule has 1 saturated heterocycles. The Labute approximate surface area is 227 Å². The highest BCUT2D eigenvalue weighted by molar-refractivity contribution is 7.12. The quantitative estimate of drug-likeness (QED) is 0.139. The maximum absolute atomic E-state index is 14.5. The Morgan fingerprint density at radius 1 is 0.897 bits per heavy atom. The Kier molecular flexibility index (Phi) is 5.05. The molecule has 39 heavy (non-hydrogen) atoms. The Morgan fingerprint density at radius 2 is 1.62 bits per heavy atom. The zero-order valence-corrected chi connectivity index (χ0v) is 21.2. The van der Waals surface area contributed by atoms with E-state index in [9.17, 15) is 24.5 Å². The fourth-order valence-corrected chi connectivity index (χ4v) is 7.38. The van der Waals surface area contributed by atoms with Crippen molar-refractivity contribution in [2.75, 3.05) is 4.90 Å². The molecule has 0 N–H and O–H groups in total. The topological polar surface area (TPSA) is 97.6 Å². The summed E-state index contributed by atoms with van der Waals surface area (Å²) in [5.41, 5.74) is 0.797. The molecule has 190 valence electrons. The van der Waals surface area contributed by atoms with E-state index in [1.165, 1.54) is 23.5 Å². The second-order valence-electron chi connectivity index (χ2n) is 9.96. The van der Waals surface area contributed by atoms with E-state index in [1.807, 2.05) is 46.7 Å². The van der Waals surface area contributed by atoms with E-state index in [-0.39, 0.29) is 23.0 Å². The van der Waals surface area contributed by atoms with E-state index in [1.54, 1.807) is 48.5 Å². The molecule has 3 heterocycles. The highest BCUT2D eigenvalue weighted by Crippen LogP contribution is 2.61. The van der Waals surface area contributed by atoms with Gasteiger partial charge in [-0.05, 0) is 28.6 Å². The molecule has 2 aliphatic heterocycles. The average molecular weight is 533 g/mol. The SMILES string of the molecule is O=C(c1cccs1)[C@@H]1[C@@H](c2cccc([N+](=O)[O-])c2)C2(C(=O)c3ccccc3C2=O)[C@H]2C=Cc3ccccc3N12. The van der Waals surface area contributed by atoms with Crippen molar-refractivity contribution in [3.8, 4) is 0 Å². The third kappa shape index (κ3) is 3.06. The summed E-state index contributed by atoms with van der Waals surface area (Å²) in [5.74, 6) is -1.93. The number of thiophene rings is 1. The van der Waals surface area contributed by atoms with Crippen LogP contribution in [-0.4, -0.2) is 34.4 Å². The molecular weight excluding hydrogens is 512 g/mol. The van der Waals surface area contributed by atoms with Gasteiger partial charge in [0.15, 0.2) is 17.3 Å². The van der Waals surface area contributed by atoms with E-state index >= 15 is 0 Å². The number of non-ortho nitro benzene ring substituents is 1. The van der Waals surface area contributed by atoms with Crippen LogP contribution in [0.15, 0.2) is 96.4 Å². The van der Waals surface area contributed by atoms with Crippen molar-refractivity contribution >= 4 is 46.1 Å². The molecule has 0 radical (unpaired) electrons. The van der Waals surface area contributed by atoms with E-state index < -0.39 is 28.3 Å². The first-order valence-corrected chi connectivity index (χ1v) is 13.4. The lowest BCUT2D eigenvalue weighted by Gasteiger charge is -2.37. The monoisotopic (exact) mass is 532 g/mol. The first kappa shape index (κ1) is 23.4. The average Bonchev–Trinajstić information content (AvgIpc) is 3.66. The fourth-order valence-electron chi connectivity index (χ4n) is 6.69. The fraction of sp³-hybridized carbons (Fsp3) is 0.129. The van der Waals surface area contributed by atoms with Crippen molar-refractivity contribution < 1.29 is 19.3 Å². The number of fused-ring (bicyclic) bond motifs is 5. The number of anilines is 1. The van der Waals surface area contributed by atoms with Crippen molar-refractivity contribution in [3.05, 3.63) is 134 Å². The number of nitrogens with zero attached hydrogens (tertiary/aromatic N) is 2. The second-order valence-corrected chi connectivity index (χ2v) is 10.9. The van der Waals surface area contributed by atoms with Crippen LogP contribution in [0, 0.1) is 15.5 Å². The predicted octanol–water partition coefficient (Wildman–Crippen LogP) is 5.97. The van der Waals surface area contributed by atoms with Gasteiger partial charge in [-0.15, -0.1) is 11.3 Å². The minimum atomic E-state index is -1.68. The molecule has 3 aliphatic rings. The lowest BCUT2D eigenvalue weighted by Crippen LogP contribution is -2.48. The van der Waals surface area contributed by atoms with Gasteiger partial charge in [0.05, 0.1) is 15.8 Å². The van der Waals surface area contributed by atoms with Gasteiger partial charge in [0.1, 0.15) is 11.5 Å². The molecule has 1 spiro atoms. The molecule has 0 unspecified atom stereocenters. The Bertz CT molecular complexity index is 1710. The number of para-hydroxylation sites is 1. The third-order valence-corrected chi connectivity index (χ3v) is 9.07. The van der Waals surface area contributed by atoms with Gasteiger partial charge in [0.2, 0.25) is 0 Å². The van der Waals surface area contributed by atoms with Crippen LogP contribution in [0.5, 0.6) is 0 Å². The molecular formula is C31H20N2O5S. The number of carbonyl (C=O) groups is 3. The first-order valence-electron chi connectivity index (χ1n) is 12.5. The number of rotatable bonds is 4. The summed E-state index contributed by atoms with van der Waals surface area (Å²) in [6.45, 7) is 0. The number of carbonyl (C=O) groups excluding carboxylic acids is 3. The van der Waals surface area contributed by atoms with Crippen LogP contribution in [-0.2, 0) is 0 Å². The normalized spacial score (nSPS) is 22.1. The molecule has 8 heteroatoms. The van der Waals surface area contributed by atoms with Crippen LogP contribution in [0.3, 0.4) is 0 Å². The summed E-state index contributed by atoms with van der Waals surface area (Å²) in [7, 11) is 0. The van der Waals surface area contributed by atoms with Crippen LogP contribution in [0.2, 0.25) is 0 Å². The van der Waals surface area contributed by atoms with Crippen LogP contribution in [0.4, 0.5) is 11.4 Å². The van der Waals surface area contributed by atoms with Gasteiger partial charge in [0, 0.05) is 34.9 Å². The minimum absolute atomic E-state index is 0.166. The van der Waals surface area contributed by atoms with E-state index in [0.717, 1.165) is 11.3 Å². The predicted molar refractivity (Wildman–Crippen MR) is 148 cm³/mol. The molecule has 1 aromatic heterocycles. The Balaban J connectivity index is 1.57. The highest BCUT2D eigenvalue weighted by Gasteiger charge is 2.71. The number of hydrogen-bond acceptors (Lipinski definition) is 7. The zero-order chi connectivity index (χ0) is 26.9. The largest absolute Gasteiger partial charge is 0.352 e. The molecule has 7 nitrogen and oxygen atoms in total. The molecule has 0 amide bonds. The van der Waals surface area contributed by atoms with Crippen LogP contribution in [0.1, 0.15) is 47.4 Å². The van der Waals surface area contributed by atoms with Gasteiger partial charge in [-0.25, -0.2) is 0 Å². The minimum Gasteiger partial charge on any atom is -0.352 e. The summed E-state index contributed by atoms with van der Waals surface area (Å²) in [5, 5.41) is 13.6. The first-order chi connectivity index (χ1) is 18.9. The third-order valence-electron chi connectivity index (χ3n) is 8.19. The lowest BCUT2D eigenvalue weighted by molar-refractivity contribution is -0.384. The molecule has 0 bridgehead atoms. The van der Waals surface area contributed by atoms with Gasteiger partial charge in [-0.3, -0.25) is 24.5 Å². The second kappa shape index (κ2) is 8.41. The number of Topliss-reactive ketones (excluding diaryl/α,β-unsaturated/α-hetero) is 3. The summed E-state index contributed by atoms with van der Waals surface area (Å²) in [6.07, 6.45) is 3.74. The van der Waals surface area contributed by atoms with Crippen LogP contribution in [0.25, 0.3) is 6.08 Å². The lowest BCUT2D eigenvalue weighted by atomic mass is 9.64. The summed E-state index contributed by atoms with van der Waals surface area (Å²) < 4.78 is 0. The zero-order valence-electron chi connectivity index (χ0n) is 20.4. The maximum Gasteiger partial charge on any atom is 0.269 e. The summed E-state index contributed by atoms with van der Waals surface area (Å²) >= 11 is 1.29. The van der Waals surface area contributed by atoms with Crippen molar-refractivity contribution in [3.63, 3.8) is 0 Å². The molecule has 4 aromatic rings.